The molecule has 25 heavy (non-hydrogen) atoms. The second-order valence-electron chi connectivity index (χ2n) is 6.79. The number of aromatic amines is 1. The summed E-state index contributed by atoms with van der Waals surface area (Å²) in [5.74, 6) is 1.08. The molecule has 0 unspecified atom stereocenters. The molecule has 1 aliphatic carbocycles. The third-order valence-electron chi connectivity index (χ3n) is 4.90. The second kappa shape index (κ2) is 6.66. The van der Waals surface area contributed by atoms with Gasteiger partial charge in [-0.1, -0.05) is 6.07 Å². The Hall–Kier alpha value is -2.70. The number of nitrogens with zero attached hydrogens (tertiary/aromatic N) is 3. The van der Waals surface area contributed by atoms with Gasteiger partial charge in [-0.2, -0.15) is 5.10 Å². The van der Waals surface area contributed by atoms with Crippen LogP contribution in [0.1, 0.15) is 34.6 Å². The number of H-pyrrole nitrogens is 1. The molecule has 2 aromatic heterocycles. The van der Waals surface area contributed by atoms with E-state index < -0.39 is 0 Å². The van der Waals surface area contributed by atoms with Gasteiger partial charge >= 0.3 is 0 Å². The first-order valence-electron chi connectivity index (χ1n) is 8.77. The van der Waals surface area contributed by atoms with Crippen LogP contribution in [0, 0.1) is 5.92 Å². The molecule has 0 bridgehead atoms. The summed E-state index contributed by atoms with van der Waals surface area (Å²) in [7, 11) is 0. The Morgan fingerprint density at radius 3 is 2.92 bits per heavy atom. The molecule has 0 saturated carbocycles. The maximum Gasteiger partial charge on any atom is 0.267 e. The van der Waals surface area contributed by atoms with Gasteiger partial charge in [0.2, 0.25) is 5.56 Å². The number of amides is 1. The highest BCUT2D eigenvalue weighted by Gasteiger charge is 2.29. The Balaban J connectivity index is 1.29. The molecular weight excluding hydrogens is 318 g/mol. The molecule has 2 aliphatic rings. The normalized spacial score (nSPS) is 16.9. The molecule has 3 heterocycles. The molecule has 4 rings (SSSR count). The van der Waals surface area contributed by atoms with E-state index in [1.54, 1.807) is 12.1 Å². The highest BCUT2D eigenvalue weighted by Crippen LogP contribution is 2.26. The standard InChI is InChI=1S/C18H21N5O2/c24-17-7-3-6-15(20-17)18(25)19-9-12-10-23(11-12)16-8-13-4-1-2-5-14(13)21-22-16/h3,6-8,12H,1-2,4-5,9-11H2,(H,19,25)(H,20,24). The minimum atomic E-state index is -0.270. The second-order valence-corrected chi connectivity index (χ2v) is 6.79. The van der Waals surface area contributed by atoms with Gasteiger partial charge in [-0.15, -0.1) is 5.10 Å². The van der Waals surface area contributed by atoms with Gasteiger partial charge in [-0.3, -0.25) is 9.59 Å². The first kappa shape index (κ1) is 15.8. The lowest BCUT2D eigenvalue weighted by Crippen LogP contribution is -2.52. The summed E-state index contributed by atoms with van der Waals surface area (Å²) in [6.07, 6.45) is 4.58. The number of carbonyl (C=O) groups excluding carboxylic acids is 1. The SMILES string of the molecule is O=C(NCC1CN(c2cc3c(nn2)CCCC3)C1)c1cccc(=O)[nH]1. The van der Waals surface area contributed by atoms with Crippen LogP contribution in [0.3, 0.4) is 0 Å². The zero-order valence-electron chi connectivity index (χ0n) is 14.0. The minimum absolute atomic E-state index is 0.246. The predicted octanol–water partition coefficient (Wildman–Crippen LogP) is 0.910. The molecule has 2 N–H and O–H groups in total. The summed E-state index contributed by atoms with van der Waals surface area (Å²) in [5, 5.41) is 11.6. The summed E-state index contributed by atoms with van der Waals surface area (Å²) in [5.41, 5.74) is 2.51. The molecular formula is C18H21N5O2. The van der Waals surface area contributed by atoms with Crippen molar-refractivity contribution in [1.29, 1.82) is 0 Å². The first-order chi connectivity index (χ1) is 12.2. The zero-order chi connectivity index (χ0) is 17.2. The molecule has 0 atom stereocenters. The molecule has 7 heteroatoms. The summed E-state index contributed by atoms with van der Waals surface area (Å²) < 4.78 is 0. The maximum atomic E-state index is 12.0. The topological polar surface area (TPSA) is 91.0 Å². The van der Waals surface area contributed by atoms with Crippen molar-refractivity contribution in [2.24, 2.45) is 5.92 Å². The molecule has 2 aromatic rings. The van der Waals surface area contributed by atoms with Crippen molar-refractivity contribution in [3.63, 3.8) is 0 Å². The summed E-state index contributed by atoms with van der Waals surface area (Å²) in [6.45, 7) is 2.31. The fourth-order valence-corrected chi connectivity index (χ4v) is 3.43. The first-order valence-corrected chi connectivity index (χ1v) is 8.77. The van der Waals surface area contributed by atoms with E-state index in [0.29, 0.717) is 18.2 Å². The van der Waals surface area contributed by atoms with Gasteiger partial charge < -0.3 is 15.2 Å². The number of aromatic nitrogens is 3. The predicted molar refractivity (Wildman–Crippen MR) is 93.8 cm³/mol. The van der Waals surface area contributed by atoms with E-state index >= 15 is 0 Å². The van der Waals surface area contributed by atoms with Crippen molar-refractivity contribution < 1.29 is 4.79 Å². The van der Waals surface area contributed by atoms with E-state index in [2.05, 4.69) is 31.5 Å². The lowest BCUT2D eigenvalue weighted by Gasteiger charge is -2.40. The summed E-state index contributed by atoms with van der Waals surface area (Å²) in [4.78, 5) is 28.0. The van der Waals surface area contributed by atoms with E-state index in [0.717, 1.165) is 37.4 Å². The van der Waals surface area contributed by atoms with Crippen molar-refractivity contribution in [3.8, 4) is 0 Å². The third kappa shape index (κ3) is 3.40. The van der Waals surface area contributed by atoms with Gasteiger partial charge in [0.25, 0.3) is 5.91 Å². The van der Waals surface area contributed by atoms with E-state index in [1.165, 1.54) is 24.5 Å². The maximum absolute atomic E-state index is 12.0. The van der Waals surface area contributed by atoms with E-state index in [4.69, 9.17) is 0 Å². The third-order valence-corrected chi connectivity index (χ3v) is 4.90. The fraction of sp³-hybridized carbons (Fsp3) is 0.444. The number of rotatable bonds is 4. The number of aryl methyl sites for hydroxylation is 2. The highest BCUT2D eigenvalue weighted by atomic mass is 16.2. The molecule has 1 amide bonds. The van der Waals surface area contributed by atoms with Gasteiger partial charge in [-0.25, -0.2) is 0 Å². The van der Waals surface area contributed by atoms with Crippen LogP contribution in [-0.4, -0.2) is 40.7 Å². The zero-order valence-corrected chi connectivity index (χ0v) is 14.0. The molecule has 0 spiro atoms. The molecule has 1 saturated heterocycles. The van der Waals surface area contributed by atoms with Crippen molar-refractivity contribution in [1.82, 2.24) is 20.5 Å². The van der Waals surface area contributed by atoms with Gasteiger partial charge in [0, 0.05) is 31.6 Å². The van der Waals surface area contributed by atoms with Gasteiger partial charge in [0.15, 0.2) is 5.82 Å². The van der Waals surface area contributed by atoms with Gasteiger partial charge in [0.05, 0.1) is 5.69 Å². The van der Waals surface area contributed by atoms with Crippen molar-refractivity contribution in [2.75, 3.05) is 24.5 Å². The number of hydrogen-bond acceptors (Lipinski definition) is 5. The van der Waals surface area contributed by atoms with E-state index in [1.807, 2.05) is 0 Å². The minimum Gasteiger partial charge on any atom is -0.354 e. The molecule has 0 radical (unpaired) electrons. The Labute approximate surface area is 145 Å². The van der Waals surface area contributed by atoms with Crippen LogP contribution >= 0.6 is 0 Å². The monoisotopic (exact) mass is 339 g/mol. The molecule has 7 nitrogen and oxygen atoms in total. The van der Waals surface area contributed by atoms with Crippen LogP contribution in [0.4, 0.5) is 5.82 Å². The lowest BCUT2D eigenvalue weighted by molar-refractivity contribution is 0.0939. The molecule has 130 valence electrons. The largest absolute Gasteiger partial charge is 0.354 e. The van der Waals surface area contributed by atoms with E-state index in [-0.39, 0.29) is 11.5 Å². The van der Waals surface area contributed by atoms with E-state index in [9.17, 15) is 9.59 Å². The van der Waals surface area contributed by atoms with Crippen LogP contribution in [0.5, 0.6) is 0 Å². The number of fused-ring (bicyclic) bond motifs is 1. The average Bonchev–Trinajstić information content (AvgIpc) is 2.60. The quantitative estimate of drug-likeness (QED) is 0.864. The van der Waals surface area contributed by atoms with Crippen LogP contribution in [0.25, 0.3) is 0 Å². The lowest BCUT2D eigenvalue weighted by atomic mass is 9.95. The Kier molecular flexibility index (Phi) is 4.21. The summed E-state index contributed by atoms with van der Waals surface area (Å²) in [6, 6.07) is 6.74. The van der Waals surface area contributed by atoms with Crippen molar-refractivity contribution in [2.45, 2.75) is 25.7 Å². The van der Waals surface area contributed by atoms with Gasteiger partial charge in [0.1, 0.15) is 5.69 Å². The average molecular weight is 339 g/mol. The van der Waals surface area contributed by atoms with Crippen molar-refractivity contribution in [3.05, 3.63) is 51.6 Å². The van der Waals surface area contributed by atoms with Crippen molar-refractivity contribution >= 4 is 11.7 Å². The van der Waals surface area contributed by atoms with Crippen LogP contribution < -0.4 is 15.8 Å². The number of anilines is 1. The van der Waals surface area contributed by atoms with Crippen LogP contribution in [0.2, 0.25) is 0 Å². The number of hydrogen-bond donors (Lipinski definition) is 2. The van der Waals surface area contributed by atoms with Crippen LogP contribution in [0.15, 0.2) is 29.1 Å². The Morgan fingerprint density at radius 2 is 2.08 bits per heavy atom. The summed E-state index contributed by atoms with van der Waals surface area (Å²) >= 11 is 0. The van der Waals surface area contributed by atoms with Crippen LogP contribution in [-0.2, 0) is 12.8 Å². The Bertz CT molecular complexity index is 841. The molecule has 1 fully saturated rings. The number of nitrogens with one attached hydrogen (secondary N) is 2. The Morgan fingerprint density at radius 1 is 1.24 bits per heavy atom. The number of carbonyl (C=O) groups is 1. The molecule has 1 aliphatic heterocycles. The fourth-order valence-electron chi connectivity index (χ4n) is 3.43. The number of pyridine rings is 1. The highest BCUT2D eigenvalue weighted by molar-refractivity contribution is 5.92. The van der Waals surface area contributed by atoms with Gasteiger partial charge in [-0.05, 0) is 43.4 Å². The smallest absolute Gasteiger partial charge is 0.267 e. The molecule has 0 aromatic carbocycles.